The van der Waals surface area contributed by atoms with E-state index in [1.807, 2.05) is 0 Å². The van der Waals surface area contributed by atoms with Crippen LogP contribution in [-0.4, -0.2) is 44.3 Å². The normalized spacial score (nSPS) is 20.6. The Hall–Kier alpha value is -2.56. The van der Waals surface area contributed by atoms with Crippen molar-refractivity contribution in [2.45, 2.75) is 75.7 Å². The number of carbonyl (C=O) groups excluding carboxylic acids is 2. The van der Waals surface area contributed by atoms with Gasteiger partial charge in [-0.1, -0.05) is 27.7 Å². The fourth-order valence-corrected chi connectivity index (χ4v) is 2.79. The van der Waals surface area contributed by atoms with Crippen molar-refractivity contribution in [2.75, 3.05) is 0 Å². The summed E-state index contributed by atoms with van der Waals surface area (Å²) in [5.74, 6) is -2.36. The van der Waals surface area contributed by atoms with Crippen LogP contribution in [-0.2, 0) is 9.59 Å². The largest absolute Gasteiger partial charge is 0.377 e. The zero-order valence-corrected chi connectivity index (χ0v) is 15.5. The van der Waals surface area contributed by atoms with Crippen LogP contribution in [0.2, 0.25) is 0 Å². The Morgan fingerprint density at radius 2 is 1.08 bits per heavy atom. The lowest BCUT2D eigenvalue weighted by atomic mass is 9.75. The maximum Gasteiger partial charge on any atom is 0.253 e. The van der Waals surface area contributed by atoms with Gasteiger partial charge in [0.15, 0.2) is 11.2 Å². The summed E-state index contributed by atoms with van der Waals surface area (Å²) >= 11 is 0. The zero-order chi connectivity index (χ0) is 20.8. The average Bonchev–Trinajstić information content (AvgIpc) is 2.64. The number of primary amides is 2. The zero-order valence-electron chi connectivity index (χ0n) is 15.5. The second-order valence-electron chi connectivity index (χ2n) is 6.01. The van der Waals surface area contributed by atoms with Crippen LogP contribution < -0.4 is 11.5 Å². The van der Waals surface area contributed by atoms with E-state index < -0.39 is 34.1 Å². The van der Waals surface area contributed by atoms with Gasteiger partial charge in [0, 0.05) is 0 Å². The second kappa shape index (κ2) is 8.21. The Bertz CT molecular complexity index is 613. The minimum absolute atomic E-state index is 0.160. The molecule has 10 nitrogen and oxygen atoms in total. The van der Waals surface area contributed by atoms with E-state index in [4.69, 9.17) is 11.5 Å². The predicted octanol–water partition coefficient (Wildman–Crippen LogP) is 0.0362. The quantitative estimate of drug-likeness (QED) is 0.393. The van der Waals surface area contributed by atoms with Crippen LogP contribution in [0.1, 0.15) is 53.4 Å². The van der Waals surface area contributed by atoms with Crippen molar-refractivity contribution in [3.63, 3.8) is 0 Å². The van der Waals surface area contributed by atoms with Crippen molar-refractivity contribution in [1.29, 1.82) is 10.5 Å². The molecule has 0 aromatic heterocycles. The van der Waals surface area contributed by atoms with Crippen molar-refractivity contribution in [2.24, 2.45) is 21.7 Å². The van der Waals surface area contributed by atoms with Crippen LogP contribution in [0.15, 0.2) is 10.2 Å². The highest BCUT2D eigenvalue weighted by molar-refractivity contribution is 5.86. The molecular formula is C16H26N6O4. The molecule has 4 atom stereocenters. The highest BCUT2D eigenvalue weighted by atomic mass is 16.3. The first-order valence-electron chi connectivity index (χ1n) is 8.27. The predicted molar refractivity (Wildman–Crippen MR) is 91.0 cm³/mol. The molecule has 0 aliphatic heterocycles. The molecule has 0 heterocycles. The number of azo groups is 1. The van der Waals surface area contributed by atoms with Crippen LogP contribution in [0.5, 0.6) is 0 Å². The molecule has 0 spiro atoms. The third kappa shape index (κ3) is 3.26. The standard InChI is InChI=1S/C16H26N6O4/c1-5-13(9-17,15(25,7-3)11(19)23)21-22-14(6-2,10-18)16(26,8-4)12(20)24/h25-26H,5-8H2,1-4H3,(H2,19,23)(H2,20,24)/b22-21+. The highest BCUT2D eigenvalue weighted by Gasteiger charge is 2.57. The lowest BCUT2D eigenvalue weighted by molar-refractivity contribution is -0.144. The maximum absolute atomic E-state index is 11.8. The minimum atomic E-state index is -2.36. The van der Waals surface area contributed by atoms with E-state index in [1.165, 1.54) is 27.7 Å². The van der Waals surface area contributed by atoms with Crippen molar-refractivity contribution in [3.05, 3.63) is 0 Å². The second-order valence-corrected chi connectivity index (χ2v) is 6.01. The van der Waals surface area contributed by atoms with Crippen molar-refractivity contribution < 1.29 is 19.8 Å². The molecule has 0 fully saturated rings. The van der Waals surface area contributed by atoms with Crippen molar-refractivity contribution in [3.8, 4) is 12.1 Å². The van der Waals surface area contributed by atoms with Crippen molar-refractivity contribution in [1.82, 2.24) is 0 Å². The van der Waals surface area contributed by atoms with Gasteiger partial charge in [0.05, 0.1) is 12.1 Å². The lowest BCUT2D eigenvalue weighted by Crippen LogP contribution is -2.61. The van der Waals surface area contributed by atoms with Crippen LogP contribution in [0.25, 0.3) is 0 Å². The average molecular weight is 366 g/mol. The molecule has 2 amide bonds. The van der Waals surface area contributed by atoms with E-state index in [2.05, 4.69) is 10.2 Å². The highest BCUT2D eigenvalue weighted by Crippen LogP contribution is 2.37. The monoisotopic (exact) mass is 366 g/mol. The molecule has 0 aromatic rings. The molecular weight excluding hydrogens is 340 g/mol. The first-order valence-corrected chi connectivity index (χ1v) is 8.27. The Balaban J connectivity index is 6.65. The molecule has 0 rings (SSSR count). The number of hydrogen-bond donors (Lipinski definition) is 4. The van der Waals surface area contributed by atoms with Gasteiger partial charge in [0.25, 0.3) is 11.8 Å². The van der Waals surface area contributed by atoms with Gasteiger partial charge in [-0.25, -0.2) is 0 Å². The number of nitriles is 2. The van der Waals surface area contributed by atoms with E-state index in [1.54, 1.807) is 12.1 Å². The fraction of sp³-hybridized carbons (Fsp3) is 0.750. The van der Waals surface area contributed by atoms with E-state index >= 15 is 0 Å². The summed E-state index contributed by atoms with van der Waals surface area (Å²) in [5, 5.41) is 48.0. The molecule has 0 radical (unpaired) electrons. The molecule has 10 heteroatoms. The van der Waals surface area contributed by atoms with E-state index in [0.29, 0.717) is 0 Å². The molecule has 144 valence electrons. The van der Waals surface area contributed by atoms with Crippen LogP contribution in [0, 0.1) is 22.7 Å². The lowest BCUT2D eigenvalue weighted by Gasteiger charge is -2.38. The van der Waals surface area contributed by atoms with E-state index in [-0.39, 0.29) is 25.7 Å². The third-order valence-corrected chi connectivity index (χ3v) is 4.99. The summed E-state index contributed by atoms with van der Waals surface area (Å²) in [6, 6.07) is 3.48. The van der Waals surface area contributed by atoms with Gasteiger partial charge >= 0.3 is 0 Å². The molecule has 0 aliphatic rings. The topological polar surface area (TPSA) is 199 Å². The Kier molecular flexibility index (Phi) is 7.40. The van der Waals surface area contributed by atoms with Gasteiger partial charge in [-0.2, -0.15) is 20.8 Å². The smallest absolute Gasteiger partial charge is 0.253 e. The number of nitrogens with zero attached hydrogens (tertiary/aromatic N) is 4. The Labute approximate surface area is 152 Å². The summed E-state index contributed by atoms with van der Waals surface area (Å²) in [5.41, 5.74) is 1.60. The summed E-state index contributed by atoms with van der Waals surface area (Å²) in [6.45, 7) is 5.83. The minimum Gasteiger partial charge on any atom is -0.377 e. The summed E-state index contributed by atoms with van der Waals surface area (Å²) in [6.07, 6.45) is -0.788. The number of aliphatic hydroxyl groups is 2. The first kappa shape index (κ1) is 23.4. The van der Waals surface area contributed by atoms with Crippen LogP contribution in [0.3, 0.4) is 0 Å². The van der Waals surface area contributed by atoms with Gasteiger partial charge in [0.2, 0.25) is 11.1 Å². The number of carbonyl (C=O) groups is 2. The summed E-state index contributed by atoms with van der Waals surface area (Å²) < 4.78 is 0. The number of rotatable bonds is 10. The number of amides is 2. The van der Waals surface area contributed by atoms with E-state index in [9.17, 15) is 30.3 Å². The fourth-order valence-electron chi connectivity index (χ4n) is 2.79. The number of hydrogen-bond acceptors (Lipinski definition) is 8. The van der Waals surface area contributed by atoms with Gasteiger partial charge < -0.3 is 21.7 Å². The SMILES string of the molecule is CCC(C#N)(/N=N/C(C#N)(CC)C(O)(CC)C(N)=O)C(O)(CC)C(N)=O. The number of nitrogens with two attached hydrogens (primary N) is 2. The van der Waals surface area contributed by atoms with Crippen molar-refractivity contribution >= 4 is 11.8 Å². The molecule has 0 saturated carbocycles. The first-order chi connectivity index (χ1) is 12.0. The van der Waals surface area contributed by atoms with Crippen LogP contribution >= 0.6 is 0 Å². The van der Waals surface area contributed by atoms with Gasteiger partial charge in [-0.15, -0.1) is 0 Å². The Morgan fingerprint density at radius 3 is 1.19 bits per heavy atom. The molecule has 0 bridgehead atoms. The van der Waals surface area contributed by atoms with E-state index in [0.717, 1.165) is 0 Å². The molecule has 4 unspecified atom stereocenters. The molecule has 0 aliphatic carbocycles. The van der Waals surface area contributed by atoms with Crippen LogP contribution in [0.4, 0.5) is 0 Å². The Morgan fingerprint density at radius 1 is 0.808 bits per heavy atom. The third-order valence-electron chi connectivity index (χ3n) is 4.99. The molecule has 6 N–H and O–H groups in total. The molecule has 0 aromatic carbocycles. The molecule has 26 heavy (non-hydrogen) atoms. The van der Waals surface area contributed by atoms with Gasteiger partial charge in [-0.3, -0.25) is 9.59 Å². The maximum atomic E-state index is 11.8. The molecule has 0 saturated heterocycles. The van der Waals surface area contributed by atoms with Gasteiger partial charge in [-0.05, 0) is 25.7 Å². The summed E-state index contributed by atoms with van der Waals surface area (Å²) in [4.78, 5) is 23.5. The summed E-state index contributed by atoms with van der Waals surface area (Å²) in [7, 11) is 0. The van der Waals surface area contributed by atoms with Gasteiger partial charge in [0.1, 0.15) is 0 Å².